The number of carbonyl (C=O) groups is 4. The Morgan fingerprint density at radius 1 is 0.812 bits per heavy atom. The zero-order valence-electron chi connectivity index (χ0n) is 8.52. The van der Waals surface area contributed by atoms with Gasteiger partial charge in [0, 0.05) is 5.57 Å². The van der Waals surface area contributed by atoms with E-state index < -0.39 is 40.7 Å². The molecular weight excluding hydrogens is 216 g/mol. The van der Waals surface area contributed by atoms with Crippen LogP contribution in [0.3, 0.4) is 0 Å². The molecule has 0 saturated heterocycles. The molecule has 0 fully saturated rings. The molecule has 1 unspecified atom stereocenters. The fourth-order valence-electron chi connectivity index (χ4n) is 1.08. The molecule has 0 rings (SSSR count). The monoisotopic (exact) mass is 228 g/mol. The van der Waals surface area contributed by atoms with Crippen LogP contribution in [0.4, 0.5) is 0 Å². The van der Waals surface area contributed by atoms with Crippen molar-refractivity contribution in [2.75, 3.05) is 0 Å². The summed E-state index contributed by atoms with van der Waals surface area (Å²) in [5.74, 6) is -5.80. The van der Waals surface area contributed by atoms with Gasteiger partial charge in [-0.3, -0.25) is 19.2 Å². The van der Waals surface area contributed by atoms with E-state index in [1.807, 2.05) is 0 Å². The van der Waals surface area contributed by atoms with Crippen molar-refractivity contribution in [3.63, 3.8) is 0 Å². The highest BCUT2D eigenvalue weighted by molar-refractivity contribution is 6.23. The van der Waals surface area contributed by atoms with Gasteiger partial charge in [0.15, 0.2) is 0 Å². The van der Waals surface area contributed by atoms with Gasteiger partial charge in [0.25, 0.3) is 11.8 Å². The summed E-state index contributed by atoms with van der Waals surface area (Å²) < 4.78 is 0. The molecule has 0 aliphatic carbocycles. The summed E-state index contributed by atoms with van der Waals surface area (Å²) in [6.45, 7) is 1.20. The molecule has 0 aliphatic heterocycles. The van der Waals surface area contributed by atoms with Gasteiger partial charge in [-0.2, -0.15) is 0 Å². The summed E-state index contributed by atoms with van der Waals surface area (Å²) in [5.41, 5.74) is 18.2. The molecule has 16 heavy (non-hydrogen) atoms. The third-order valence-electron chi connectivity index (χ3n) is 1.89. The van der Waals surface area contributed by atoms with E-state index in [0.717, 1.165) is 0 Å². The average Bonchev–Trinajstić information content (AvgIpc) is 2.10. The van der Waals surface area contributed by atoms with E-state index in [2.05, 4.69) is 0 Å². The second-order valence-corrected chi connectivity index (χ2v) is 3.01. The van der Waals surface area contributed by atoms with Crippen LogP contribution in [0.5, 0.6) is 0 Å². The van der Waals surface area contributed by atoms with E-state index in [1.54, 1.807) is 0 Å². The minimum Gasteiger partial charge on any atom is -0.369 e. The van der Waals surface area contributed by atoms with E-state index in [4.69, 9.17) is 22.9 Å². The fourth-order valence-corrected chi connectivity index (χ4v) is 1.08. The van der Waals surface area contributed by atoms with Crippen LogP contribution < -0.4 is 22.9 Å². The largest absolute Gasteiger partial charge is 0.369 e. The van der Waals surface area contributed by atoms with Crippen LogP contribution in [0.1, 0.15) is 6.92 Å². The maximum atomic E-state index is 11.0. The van der Waals surface area contributed by atoms with Gasteiger partial charge < -0.3 is 22.9 Å². The predicted octanol–water partition coefficient (Wildman–Crippen LogP) is -3.14. The van der Waals surface area contributed by atoms with Crippen molar-refractivity contribution >= 4 is 23.6 Å². The van der Waals surface area contributed by atoms with Crippen molar-refractivity contribution in [2.24, 2.45) is 28.9 Å². The second kappa shape index (κ2) is 4.91. The van der Waals surface area contributed by atoms with Crippen LogP contribution in [0.25, 0.3) is 0 Å². The van der Waals surface area contributed by atoms with Crippen molar-refractivity contribution in [2.45, 2.75) is 6.92 Å². The van der Waals surface area contributed by atoms with E-state index in [1.165, 1.54) is 6.92 Å². The predicted molar refractivity (Wildman–Crippen MR) is 53.0 cm³/mol. The molecule has 0 radical (unpaired) electrons. The first-order valence-corrected chi connectivity index (χ1v) is 4.13. The topological polar surface area (TPSA) is 172 Å². The Bertz CT molecular complexity index is 383. The van der Waals surface area contributed by atoms with E-state index in [9.17, 15) is 19.2 Å². The summed E-state index contributed by atoms with van der Waals surface area (Å²) >= 11 is 0. The van der Waals surface area contributed by atoms with Crippen LogP contribution in [-0.4, -0.2) is 23.6 Å². The van der Waals surface area contributed by atoms with Crippen LogP contribution >= 0.6 is 0 Å². The number of nitrogens with two attached hydrogens (primary N) is 4. The molecule has 8 heteroatoms. The van der Waals surface area contributed by atoms with E-state index in [-0.39, 0.29) is 0 Å². The molecule has 8 nitrogen and oxygen atoms in total. The molecule has 0 bridgehead atoms. The molecule has 4 amide bonds. The van der Waals surface area contributed by atoms with Gasteiger partial charge in [0.2, 0.25) is 11.8 Å². The Morgan fingerprint density at radius 3 is 1.38 bits per heavy atom. The lowest BCUT2D eigenvalue weighted by Gasteiger charge is -2.12. The highest BCUT2D eigenvalue weighted by Crippen LogP contribution is 2.14. The Balaban J connectivity index is 5.88. The molecule has 0 aromatic heterocycles. The summed E-state index contributed by atoms with van der Waals surface area (Å²) in [5, 5.41) is 0. The summed E-state index contributed by atoms with van der Waals surface area (Å²) in [7, 11) is 0. The third-order valence-corrected chi connectivity index (χ3v) is 1.89. The van der Waals surface area contributed by atoms with Gasteiger partial charge in [-0.1, -0.05) is 0 Å². The molecule has 0 aromatic carbocycles. The maximum Gasteiger partial charge on any atom is 0.254 e. The van der Waals surface area contributed by atoms with Crippen molar-refractivity contribution in [1.29, 1.82) is 0 Å². The second-order valence-electron chi connectivity index (χ2n) is 3.01. The fraction of sp³-hybridized carbons (Fsp3) is 0.250. The standard InChI is InChI=1S/C8H12N4O4/c1-2(5(9)13)3(6(10)14)4(7(11)15)8(12)16/h2H,1H3,(H2,9,13)(H2,10,14)(H2,11,15)(H2,12,16). The Hall–Kier alpha value is -2.38. The number of amides is 4. The van der Waals surface area contributed by atoms with Crippen LogP contribution in [0, 0.1) is 5.92 Å². The Kier molecular flexibility index (Phi) is 4.18. The lowest BCUT2D eigenvalue weighted by Crippen LogP contribution is -2.36. The first kappa shape index (κ1) is 13.6. The zero-order valence-corrected chi connectivity index (χ0v) is 8.52. The molecule has 88 valence electrons. The van der Waals surface area contributed by atoms with Crippen molar-refractivity contribution < 1.29 is 19.2 Å². The lowest BCUT2D eigenvalue weighted by atomic mass is 9.93. The third kappa shape index (κ3) is 2.80. The van der Waals surface area contributed by atoms with E-state index in [0.29, 0.717) is 0 Å². The lowest BCUT2D eigenvalue weighted by molar-refractivity contribution is -0.124. The van der Waals surface area contributed by atoms with Crippen molar-refractivity contribution in [3.8, 4) is 0 Å². The molecule has 0 aliphatic rings. The minimum atomic E-state index is -1.24. The van der Waals surface area contributed by atoms with Gasteiger partial charge in [-0.15, -0.1) is 0 Å². The molecule has 0 aromatic rings. The van der Waals surface area contributed by atoms with E-state index >= 15 is 0 Å². The average molecular weight is 228 g/mol. The highest BCUT2D eigenvalue weighted by Gasteiger charge is 2.29. The summed E-state index contributed by atoms with van der Waals surface area (Å²) in [6.07, 6.45) is 0. The van der Waals surface area contributed by atoms with Crippen LogP contribution in [0.15, 0.2) is 11.1 Å². The quantitative estimate of drug-likeness (QED) is 0.221. The van der Waals surface area contributed by atoms with Crippen LogP contribution in [-0.2, 0) is 19.2 Å². The number of hydrogen-bond acceptors (Lipinski definition) is 4. The SMILES string of the molecule is CC(C(N)=O)C(C(N)=O)=C(C(N)=O)C(N)=O. The first-order chi connectivity index (χ1) is 7.20. The summed E-state index contributed by atoms with van der Waals surface area (Å²) in [4.78, 5) is 43.7. The molecule has 0 spiro atoms. The molecule has 0 saturated carbocycles. The number of primary amides is 4. The molecule has 0 heterocycles. The minimum absolute atomic E-state index is 0.576. The van der Waals surface area contributed by atoms with Gasteiger partial charge in [-0.25, -0.2) is 0 Å². The van der Waals surface area contributed by atoms with Gasteiger partial charge in [0.1, 0.15) is 5.57 Å². The molecule has 1 atom stereocenters. The number of carbonyl (C=O) groups excluding carboxylic acids is 4. The Labute approximate surface area is 90.6 Å². The summed E-state index contributed by atoms with van der Waals surface area (Å²) in [6, 6.07) is 0. The van der Waals surface area contributed by atoms with Gasteiger partial charge in [0.05, 0.1) is 5.92 Å². The van der Waals surface area contributed by atoms with Gasteiger partial charge in [-0.05, 0) is 6.92 Å². The Morgan fingerprint density at radius 2 is 1.19 bits per heavy atom. The smallest absolute Gasteiger partial charge is 0.254 e. The first-order valence-electron chi connectivity index (χ1n) is 4.13. The van der Waals surface area contributed by atoms with Gasteiger partial charge >= 0.3 is 0 Å². The maximum absolute atomic E-state index is 11.0. The van der Waals surface area contributed by atoms with Crippen LogP contribution in [0.2, 0.25) is 0 Å². The molecular formula is C8H12N4O4. The normalized spacial score (nSPS) is 11.3. The van der Waals surface area contributed by atoms with Crippen molar-refractivity contribution in [3.05, 3.63) is 11.1 Å². The van der Waals surface area contributed by atoms with Crippen molar-refractivity contribution in [1.82, 2.24) is 0 Å². The number of hydrogen-bond donors (Lipinski definition) is 4. The molecule has 8 N–H and O–H groups in total. The highest BCUT2D eigenvalue weighted by atomic mass is 16.2. The number of rotatable bonds is 5. The zero-order chi connectivity index (χ0) is 13.0.